The van der Waals surface area contributed by atoms with E-state index in [0.717, 1.165) is 13.4 Å². The Bertz CT molecular complexity index is 464. The lowest BCUT2D eigenvalue weighted by Gasteiger charge is -2.21. The number of hydrogen-bond donors (Lipinski definition) is 2. The molecule has 1 saturated heterocycles. The van der Waals surface area contributed by atoms with Gasteiger partial charge >= 0.3 is 0 Å². The average molecular weight is 443 g/mol. The summed E-state index contributed by atoms with van der Waals surface area (Å²) in [6.45, 7) is 0.775. The standard InChI is InChI=1S/C11H11Br3N2O2/c12-6-3-7(13)9(8(14)4-6)16-10(17)11(15)1-2-18-5-11/h3-4H,1-2,5,15H2,(H,16,17). The highest BCUT2D eigenvalue weighted by molar-refractivity contribution is 9.11. The van der Waals surface area contributed by atoms with Gasteiger partial charge in [0.05, 0.1) is 12.3 Å². The molecule has 0 bridgehead atoms. The number of nitrogens with two attached hydrogens (primary N) is 1. The van der Waals surface area contributed by atoms with Crippen molar-refractivity contribution in [2.45, 2.75) is 12.0 Å². The van der Waals surface area contributed by atoms with E-state index >= 15 is 0 Å². The number of halogens is 3. The Morgan fingerprint density at radius 2 is 1.94 bits per heavy atom. The second-order valence-electron chi connectivity index (χ2n) is 4.16. The summed E-state index contributed by atoms with van der Waals surface area (Å²) in [5, 5.41) is 2.83. The van der Waals surface area contributed by atoms with Gasteiger partial charge in [-0.1, -0.05) is 15.9 Å². The summed E-state index contributed by atoms with van der Waals surface area (Å²) in [6.07, 6.45) is 0.532. The molecule has 4 nitrogen and oxygen atoms in total. The summed E-state index contributed by atoms with van der Waals surface area (Å²) in [5.74, 6) is -0.233. The van der Waals surface area contributed by atoms with Crippen LogP contribution in [0.5, 0.6) is 0 Å². The molecule has 0 aromatic heterocycles. The van der Waals surface area contributed by atoms with Gasteiger partial charge in [0.15, 0.2) is 0 Å². The van der Waals surface area contributed by atoms with Crippen LogP contribution in [0.1, 0.15) is 6.42 Å². The Balaban J connectivity index is 2.22. The van der Waals surface area contributed by atoms with Crippen molar-refractivity contribution in [1.82, 2.24) is 0 Å². The molecule has 1 aliphatic heterocycles. The molecule has 7 heteroatoms. The molecule has 0 saturated carbocycles. The predicted molar refractivity (Wildman–Crippen MR) is 80.5 cm³/mol. The zero-order valence-electron chi connectivity index (χ0n) is 9.30. The Hall–Kier alpha value is 0.0500. The number of amides is 1. The van der Waals surface area contributed by atoms with Gasteiger partial charge in [-0.05, 0) is 50.4 Å². The van der Waals surface area contributed by atoms with Gasteiger partial charge in [0.1, 0.15) is 5.54 Å². The molecule has 1 aromatic rings. The number of rotatable bonds is 2. The van der Waals surface area contributed by atoms with E-state index in [4.69, 9.17) is 10.5 Å². The Labute approximate surface area is 130 Å². The lowest BCUT2D eigenvalue weighted by molar-refractivity contribution is -0.121. The highest BCUT2D eigenvalue weighted by atomic mass is 79.9. The summed E-state index contributed by atoms with van der Waals surface area (Å²) in [4.78, 5) is 12.2. The van der Waals surface area contributed by atoms with Crippen molar-refractivity contribution in [3.8, 4) is 0 Å². The number of benzene rings is 1. The van der Waals surface area contributed by atoms with Gasteiger partial charge in [-0.3, -0.25) is 4.79 Å². The first-order chi connectivity index (χ1) is 8.42. The highest BCUT2D eigenvalue weighted by Crippen LogP contribution is 2.35. The van der Waals surface area contributed by atoms with Gasteiger partial charge in [-0.25, -0.2) is 0 Å². The average Bonchev–Trinajstić information content (AvgIpc) is 2.71. The Morgan fingerprint density at radius 3 is 2.44 bits per heavy atom. The zero-order chi connectivity index (χ0) is 13.3. The van der Waals surface area contributed by atoms with E-state index in [1.54, 1.807) is 0 Å². The van der Waals surface area contributed by atoms with Gasteiger partial charge in [-0.2, -0.15) is 0 Å². The maximum Gasteiger partial charge on any atom is 0.247 e. The van der Waals surface area contributed by atoms with E-state index in [9.17, 15) is 4.79 Å². The first-order valence-corrected chi connectivity index (χ1v) is 7.63. The van der Waals surface area contributed by atoms with Crippen molar-refractivity contribution < 1.29 is 9.53 Å². The van der Waals surface area contributed by atoms with Crippen molar-refractivity contribution in [2.24, 2.45) is 5.73 Å². The van der Waals surface area contributed by atoms with Gasteiger partial charge < -0.3 is 15.8 Å². The van der Waals surface area contributed by atoms with Crippen LogP contribution in [0.2, 0.25) is 0 Å². The van der Waals surface area contributed by atoms with Crippen molar-refractivity contribution >= 4 is 59.4 Å². The van der Waals surface area contributed by atoms with Crippen LogP contribution >= 0.6 is 47.8 Å². The van der Waals surface area contributed by atoms with Crippen LogP contribution in [0, 0.1) is 0 Å². The molecule has 1 unspecified atom stereocenters. The van der Waals surface area contributed by atoms with Crippen LogP contribution in [0.15, 0.2) is 25.6 Å². The maximum absolute atomic E-state index is 12.2. The first-order valence-electron chi connectivity index (χ1n) is 5.25. The molecule has 1 fully saturated rings. The fourth-order valence-corrected chi connectivity index (χ4v) is 4.12. The third-order valence-corrected chi connectivity index (χ3v) is 4.46. The number of carbonyl (C=O) groups excluding carboxylic acids is 1. The van der Waals surface area contributed by atoms with E-state index in [1.165, 1.54) is 0 Å². The van der Waals surface area contributed by atoms with Crippen molar-refractivity contribution in [3.63, 3.8) is 0 Å². The SMILES string of the molecule is NC1(C(=O)Nc2c(Br)cc(Br)cc2Br)CCOC1. The number of nitrogens with one attached hydrogen (secondary N) is 1. The molecule has 0 spiro atoms. The number of anilines is 1. The van der Waals surface area contributed by atoms with Gasteiger partial charge in [0, 0.05) is 20.0 Å². The first kappa shape index (κ1) is 14.5. The van der Waals surface area contributed by atoms with Gasteiger partial charge in [-0.15, -0.1) is 0 Å². The van der Waals surface area contributed by atoms with Crippen molar-refractivity contribution in [3.05, 3.63) is 25.6 Å². The van der Waals surface area contributed by atoms with Crippen molar-refractivity contribution in [1.29, 1.82) is 0 Å². The monoisotopic (exact) mass is 440 g/mol. The number of hydrogen-bond acceptors (Lipinski definition) is 3. The molecule has 3 N–H and O–H groups in total. The van der Waals surface area contributed by atoms with E-state index < -0.39 is 5.54 Å². The molecule has 18 heavy (non-hydrogen) atoms. The van der Waals surface area contributed by atoms with Crippen LogP contribution in [-0.2, 0) is 9.53 Å². The molecule has 2 rings (SSSR count). The molecule has 1 aromatic carbocycles. The van der Waals surface area contributed by atoms with Crippen LogP contribution in [0.3, 0.4) is 0 Å². The molecule has 1 aliphatic rings. The minimum atomic E-state index is -0.939. The minimum Gasteiger partial charge on any atom is -0.379 e. The van der Waals surface area contributed by atoms with E-state index in [-0.39, 0.29) is 12.5 Å². The molecule has 0 aliphatic carbocycles. The van der Waals surface area contributed by atoms with Gasteiger partial charge in [0.2, 0.25) is 5.91 Å². The summed E-state index contributed by atoms with van der Waals surface area (Å²) < 4.78 is 7.64. The molecular weight excluding hydrogens is 432 g/mol. The van der Waals surface area contributed by atoms with E-state index in [0.29, 0.717) is 18.7 Å². The highest BCUT2D eigenvalue weighted by Gasteiger charge is 2.38. The van der Waals surface area contributed by atoms with Crippen LogP contribution in [-0.4, -0.2) is 24.7 Å². The predicted octanol–water partition coefficient (Wildman–Crippen LogP) is 3.03. The number of ether oxygens (including phenoxy) is 1. The topological polar surface area (TPSA) is 64.4 Å². The summed E-state index contributed by atoms with van der Waals surface area (Å²) in [5.41, 5.74) is 5.73. The lowest BCUT2D eigenvalue weighted by atomic mass is 9.99. The zero-order valence-corrected chi connectivity index (χ0v) is 14.1. The molecule has 98 valence electrons. The molecule has 1 amide bonds. The molecule has 0 radical (unpaired) electrons. The van der Waals surface area contributed by atoms with E-state index in [2.05, 4.69) is 53.1 Å². The molecular formula is C11H11Br3N2O2. The lowest BCUT2D eigenvalue weighted by Crippen LogP contribution is -2.51. The number of carbonyl (C=O) groups is 1. The minimum absolute atomic E-state index is 0.233. The van der Waals surface area contributed by atoms with Crippen LogP contribution in [0.4, 0.5) is 5.69 Å². The largest absolute Gasteiger partial charge is 0.379 e. The maximum atomic E-state index is 12.2. The van der Waals surface area contributed by atoms with Crippen molar-refractivity contribution in [2.75, 3.05) is 18.5 Å². The fraction of sp³-hybridized carbons (Fsp3) is 0.364. The summed E-state index contributed by atoms with van der Waals surface area (Å²) in [7, 11) is 0. The third kappa shape index (κ3) is 2.96. The fourth-order valence-electron chi connectivity index (χ4n) is 1.66. The normalized spacial score (nSPS) is 23.1. The molecule has 1 heterocycles. The summed E-state index contributed by atoms with van der Waals surface area (Å²) in [6, 6.07) is 3.71. The van der Waals surface area contributed by atoms with Gasteiger partial charge in [0.25, 0.3) is 0 Å². The molecule has 1 atom stereocenters. The Morgan fingerprint density at radius 1 is 1.33 bits per heavy atom. The second-order valence-corrected chi connectivity index (χ2v) is 6.78. The van der Waals surface area contributed by atoms with E-state index in [1.807, 2.05) is 12.1 Å². The third-order valence-electron chi connectivity index (χ3n) is 2.75. The van der Waals surface area contributed by atoms with Crippen LogP contribution in [0.25, 0.3) is 0 Å². The second kappa shape index (κ2) is 5.58. The van der Waals surface area contributed by atoms with Crippen LogP contribution < -0.4 is 11.1 Å². The quantitative estimate of drug-likeness (QED) is 0.740. The smallest absolute Gasteiger partial charge is 0.247 e. The Kier molecular flexibility index (Phi) is 4.48. The summed E-state index contributed by atoms with van der Waals surface area (Å²) >= 11 is 10.2.